The van der Waals surface area contributed by atoms with Crippen molar-refractivity contribution in [2.24, 2.45) is 0 Å². The highest BCUT2D eigenvalue weighted by atomic mass is 16.6. The van der Waals surface area contributed by atoms with Crippen molar-refractivity contribution in [3.8, 4) is 5.75 Å². The van der Waals surface area contributed by atoms with Crippen molar-refractivity contribution in [1.82, 2.24) is 5.32 Å². The van der Waals surface area contributed by atoms with Gasteiger partial charge in [-0.15, -0.1) is 0 Å². The number of phenols is 1. The van der Waals surface area contributed by atoms with Crippen LogP contribution in [0, 0.1) is 20.2 Å². The average molecular weight is 313 g/mol. The largest absolute Gasteiger partial charge is 0.502 e. The minimum Gasteiger partial charge on any atom is -0.502 e. The van der Waals surface area contributed by atoms with Crippen molar-refractivity contribution in [2.75, 3.05) is 0 Å². The van der Waals surface area contributed by atoms with Gasteiger partial charge in [-0.05, 0) is 0 Å². The van der Waals surface area contributed by atoms with Gasteiger partial charge in [0.05, 0.1) is 15.9 Å². The topological polar surface area (TPSA) is 173 Å². The fourth-order valence-corrected chi connectivity index (χ4v) is 1.73. The van der Waals surface area contributed by atoms with Gasteiger partial charge in [0, 0.05) is 25.0 Å². The maximum Gasteiger partial charge on any atom is 0.326 e. The molecule has 1 atom stereocenters. The summed E-state index contributed by atoms with van der Waals surface area (Å²) >= 11 is 0. The molecule has 0 bridgehead atoms. The van der Waals surface area contributed by atoms with Gasteiger partial charge in [0.25, 0.3) is 5.69 Å². The smallest absolute Gasteiger partial charge is 0.326 e. The Labute approximate surface area is 122 Å². The van der Waals surface area contributed by atoms with Crippen LogP contribution in [0.3, 0.4) is 0 Å². The number of hydrogen-bond acceptors (Lipinski definition) is 7. The van der Waals surface area contributed by atoms with Gasteiger partial charge in [0.15, 0.2) is 5.75 Å². The SMILES string of the molecule is CC(=O)N[C@@H](Cc1cc([N+](=O)[O-])cc([N+](=O)[O-])c1O)C(=O)O. The van der Waals surface area contributed by atoms with Crippen LogP contribution in [0.2, 0.25) is 0 Å². The predicted octanol–water partition coefficient (Wildman–Crippen LogP) is 0.340. The first kappa shape index (κ1) is 16.8. The summed E-state index contributed by atoms with van der Waals surface area (Å²) in [6.07, 6.45) is -0.552. The van der Waals surface area contributed by atoms with Gasteiger partial charge in [-0.1, -0.05) is 0 Å². The number of nitro groups is 2. The van der Waals surface area contributed by atoms with Crippen molar-refractivity contribution in [2.45, 2.75) is 19.4 Å². The summed E-state index contributed by atoms with van der Waals surface area (Å²) in [6.45, 7) is 1.06. The van der Waals surface area contributed by atoms with Gasteiger partial charge < -0.3 is 15.5 Å². The number of nitrogens with zero attached hydrogens (tertiary/aromatic N) is 2. The Kier molecular flexibility index (Phi) is 4.95. The fourth-order valence-electron chi connectivity index (χ4n) is 1.73. The van der Waals surface area contributed by atoms with Crippen LogP contribution in [-0.2, 0) is 16.0 Å². The molecule has 22 heavy (non-hydrogen) atoms. The normalized spacial score (nSPS) is 11.5. The minimum absolute atomic E-state index is 0.331. The summed E-state index contributed by atoms with van der Waals surface area (Å²) in [5, 5.41) is 42.3. The molecular weight excluding hydrogens is 302 g/mol. The molecule has 0 radical (unpaired) electrons. The summed E-state index contributed by atoms with van der Waals surface area (Å²) in [5.41, 5.74) is -1.93. The lowest BCUT2D eigenvalue weighted by molar-refractivity contribution is -0.394. The highest BCUT2D eigenvalue weighted by Gasteiger charge is 2.27. The van der Waals surface area contributed by atoms with Crippen LogP contribution in [0.25, 0.3) is 0 Å². The Morgan fingerprint density at radius 3 is 2.27 bits per heavy atom. The molecule has 3 N–H and O–H groups in total. The first-order chi connectivity index (χ1) is 10.1. The first-order valence-corrected chi connectivity index (χ1v) is 5.78. The maximum absolute atomic E-state index is 11.0. The zero-order valence-corrected chi connectivity index (χ0v) is 11.2. The van der Waals surface area contributed by atoms with Gasteiger partial charge in [-0.25, -0.2) is 4.79 Å². The molecule has 0 aromatic heterocycles. The quantitative estimate of drug-likeness (QED) is 0.497. The van der Waals surface area contributed by atoms with Crippen LogP contribution < -0.4 is 5.32 Å². The number of hydrogen-bond donors (Lipinski definition) is 3. The van der Waals surface area contributed by atoms with Crippen LogP contribution in [0.5, 0.6) is 5.75 Å². The van der Waals surface area contributed by atoms with E-state index in [4.69, 9.17) is 5.11 Å². The summed E-state index contributed by atoms with van der Waals surface area (Å²) < 4.78 is 0. The maximum atomic E-state index is 11.0. The second kappa shape index (κ2) is 6.47. The van der Waals surface area contributed by atoms with Crippen molar-refractivity contribution in [1.29, 1.82) is 0 Å². The van der Waals surface area contributed by atoms with Gasteiger partial charge in [-0.3, -0.25) is 25.0 Å². The average Bonchev–Trinajstić information content (AvgIpc) is 2.38. The first-order valence-electron chi connectivity index (χ1n) is 5.78. The molecule has 118 valence electrons. The zero-order chi connectivity index (χ0) is 17.0. The van der Waals surface area contributed by atoms with E-state index >= 15 is 0 Å². The van der Waals surface area contributed by atoms with E-state index in [9.17, 15) is 34.9 Å². The van der Waals surface area contributed by atoms with E-state index in [2.05, 4.69) is 5.32 Å². The zero-order valence-electron chi connectivity index (χ0n) is 11.2. The van der Waals surface area contributed by atoms with Crippen LogP contribution >= 0.6 is 0 Å². The lowest BCUT2D eigenvalue weighted by Crippen LogP contribution is -2.41. The molecule has 0 aliphatic heterocycles. The third-order valence-electron chi connectivity index (χ3n) is 2.66. The van der Waals surface area contributed by atoms with Gasteiger partial charge >= 0.3 is 11.7 Å². The summed E-state index contributed by atoms with van der Waals surface area (Å²) in [4.78, 5) is 41.5. The number of carboxylic acid groups (broad SMARTS) is 1. The molecule has 1 aromatic rings. The third-order valence-corrected chi connectivity index (χ3v) is 2.66. The number of nitro benzene ring substituents is 2. The fraction of sp³-hybridized carbons (Fsp3) is 0.273. The van der Waals surface area contributed by atoms with E-state index in [0.29, 0.717) is 6.07 Å². The molecule has 0 spiro atoms. The number of amides is 1. The minimum atomic E-state index is -1.50. The van der Waals surface area contributed by atoms with E-state index in [0.717, 1.165) is 13.0 Å². The second-order valence-corrected chi connectivity index (χ2v) is 4.28. The van der Waals surface area contributed by atoms with Gasteiger partial charge in [0.2, 0.25) is 5.91 Å². The Morgan fingerprint density at radius 1 is 1.27 bits per heavy atom. The van der Waals surface area contributed by atoms with E-state index in [1.165, 1.54) is 0 Å². The van der Waals surface area contributed by atoms with E-state index in [-0.39, 0.29) is 5.56 Å². The number of carbonyl (C=O) groups excluding carboxylic acids is 1. The predicted molar refractivity (Wildman–Crippen MR) is 70.4 cm³/mol. The molecule has 0 saturated carbocycles. The number of aromatic hydroxyl groups is 1. The van der Waals surface area contributed by atoms with Crippen molar-refractivity contribution in [3.63, 3.8) is 0 Å². The number of carboxylic acids is 1. The van der Waals surface area contributed by atoms with Crippen molar-refractivity contribution in [3.05, 3.63) is 37.9 Å². The molecule has 0 heterocycles. The monoisotopic (exact) mass is 313 g/mol. The summed E-state index contributed by atoms with van der Waals surface area (Å²) in [7, 11) is 0. The lowest BCUT2D eigenvalue weighted by atomic mass is 10.0. The van der Waals surface area contributed by atoms with Crippen molar-refractivity contribution >= 4 is 23.3 Å². The Hall–Kier alpha value is -3.24. The summed E-state index contributed by atoms with van der Waals surface area (Å²) in [5.74, 6) is -3.01. The van der Waals surface area contributed by atoms with Gasteiger partial charge in [-0.2, -0.15) is 0 Å². The third kappa shape index (κ3) is 3.88. The molecule has 0 unspecified atom stereocenters. The molecular formula is C11H11N3O8. The standard InChI is InChI=1S/C11H11N3O8/c1-5(15)12-8(11(17)18)3-6-2-7(13(19)20)4-9(10(6)16)14(21)22/h2,4,8,16H,3H2,1H3,(H,12,15)(H,17,18)/t8-/m0/s1. The Balaban J connectivity index is 3.32. The molecule has 1 amide bonds. The van der Waals surface area contributed by atoms with E-state index in [1.807, 2.05) is 0 Å². The van der Waals surface area contributed by atoms with Gasteiger partial charge in [0.1, 0.15) is 6.04 Å². The Bertz CT molecular complexity index is 657. The highest BCUT2D eigenvalue weighted by Crippen LogP contribution is 2.34. The molecule has 11 heteroatoms. The molecule has 0 fully saturated rings. The lowest BCUT2D eigenvalue weighted by Gasteiger charge is -2.14. The number of carbonyl (C=O) groups is 2. The van der Waals surface area contributed by atoms with Crippen LogP contribution in [0.15, 0.2) is 12.1 Å². The number of rotatable bonds is 6. The van der Waals surface area contributed by atoms with Crippen LogP contribution in [-0.4, -0.2) is 38.0 Å². The molecule has 0 aliphatic carbocycles. The molecule has 0 saturated heterocycles. The number of non-ortho nitro benzene ring substituents is 1. The number of nitrogens with one attached hydrogen (secondary N) is 1. The molecule has 11 nitrogen and oxygen atoms in total. The van der Waals surface area contributed by atoms with E-state index in [1.54, 1.807) is 0 Å². The second-order valence-electron chi connectivity index (χ2n) is 4.28. The van der Waals surface area contributed by atoms with E-state index < -0.39 is 51.3 Å². The number of phenolic OH excluding ortho intramolecular Hbond substituents is 1. The molecule has 1 aromatic carbocycles. The van der Waals surface area contributed by atoms with Crippen LogP contribution in [0.1, 0.15) is 12.5 Å². The molecule has 1 rings (SSSR count). The number of aliphatic carboxylic acids is 1. The number of benzene rings is 1. The highest BCUT2D eigenvalue weighted by molar-refractivity contribution is 5.82. The summed E-state index contributed by atoms with van der Waals surface area (Å²) in [6, 6.07) is -0.113. The van der Waals surface area contributed by atoms with Crippen molar-refractivity contribution < 1.29 is 29.6 Å². The Morgan fingerprint density at radius 2 is 1.86 bits per heavy atom. The molecule has 0 aliphatic rings. The van der Waals surface area contributed by atoms with Crippen LogP contribution in [0.4, 0.5) is 11.4 Å².